The number of halogens is 1. The first-order valence-corrected chi connectivity index (χ1v) is 6.35. The Balaban J connectivity index is 1.93. The Morgan fingerprint density at radius 3 is 2.59 bits per heavy atom. The lowest BCUT2D eigenvalue weighted by Gasteiger charge is -1.98. The minimum absolute atomic E-state index is 0.191. The molecule has 90 valence electrons. The van der Waals surface area contributed by atoms with Gasteiger partial charge in [-0.15, -0.1) is 21.5 Å². The summed E-state index contributed by atoms with van der Waals surface area (Å²) in [4.78, 5) is 0. The largest absolute Gasteiger partial charge is 0.330 e. The van der Waals surface area contributed by atoms with E-state index in [1.165, 1.54) is 6.07 Å². The van der Waals surface area contributed by atoms with E-state index in [2.05, 4.69) is 10.2 Å². The van der Waals surface area contributed by atoms with Crippen LogP contribution < -0.4 is 5.73 Å². The third-order valence-corrected chi connectivity index (χ3v) is 3.43. The second kappa shape index (κ2) is 5.84. The van der Waals surface area contributed by atoms with Gasteiger partial charge in [-0.2, -0.15) is 0 Å². The zero-order chi connectivity index (χ0) is 12.1. The van der Waals surface area contributed by atoms with Gasteiger partial charge in [0.1, 0.15) is 15.8 Å². The highest BCUT2D eigenvalue weighted by Gasteiger charge is 2.04. The topological polar surface area (TPSA) is 51.8 Å². The van der Waals surface area contributed by atoms with Crippen molar-refractivity contribution in [2.45, 2.75) is 19.3 Å². The summed E-state index contributed by atoms with van der Waals surface area (Å²) >= 11 is 1.58. The van der Waals surface area contributed by atoms with Gasteiger partial charge in [0.15, 0.2) is 0 Å². The summed E-state index contributed by atoms with van der Waals surface area (Å²) in [7, 11) is 0. The average Bonchev–Trinajstić information content (AvgIpc) is 2.75. The van der Waals surface area contributed by atoms with Gasteiger partial charge in [-0.05, 0) is 30.7 Å². The van der Waals surface area contributed by atoms with Crippen molar-refractivity contribution >= 4 is 11.3 Å². The van der Waals surface area contributed by atoms with E-state index in [0.29, 0.717) is 6.54 Å². The standard InChI is InChI=1S/C12H14FN3S/c13-10-3-1-2-9(8-10)4-5-11-15-16-12(17-11)6-7-14/h1-3,8H,4-7,14H2. The maximum absolute atomic E-state index is 13.0. The number of nitrogens with zero attached hydrogens (tertiary/aromatic N) is 2. The third-order valence-electron chi connectivity index (χ3n) is 2.38. The molecule has 0 atom stereocenters. The van der Waals surface area contributed by atoms with E-state index in [4.69, 9.17) is 5.73 Å². The highest BCUT2D eigenvalue weighted by atomic mass is 32.1. The molecule has 0 radical (unpaired) electrons. The zero-order valence-corrected chi connectivity index (χ0v) is 10.2. The zero-order valence-electron chi connectivity index (χ0n) is 9.40. The maximum atomic E-state index is 13.0. The van der Waals surface area contributed by atoms with Crippen LogP contribution in [0.5, 0.6) is 0 Å². The lowest BCUT2D eigenvalue weighted by molar-refractivity contribution is 0.625. The molecule has 0 aliphatic heterocycles. The molecule has 0 amide bonds. The molecule has 3 nitrogen and oxygen atoms in total. The van der Waals surface area contributed by atoms with Crippen LogP contribution in [-0.4, -0.2) is 16.7 Å². The SMILES string of the molecule is NCCc1nnc(CCc2cccc(F)c2)s1. The molecule has 17 heavy (non-hydrogen) atoms. The van der Waals surface area contributed by atoms with Gasteiger partial charge in [-0.3, -0.25) is 0 Å². The van der Waals surface area contributed by atoms with E-state index in [-0.39, 0.29) is 5.82 Å². The molecule has 0 bridgehead atoms. The van der Waals surface area contributed by atoms with Crippen molar-refractivity contribution in [3.63, 3.8) is 0 Å². The van der Waals surface area contributed by atoms with Gasteiger partial charge in [-0.25, -0.2) is 4.39 Å². The number of nitrogens with two attached hydrogens (primary N) is 1. The van der Waals surface area contributed by atoms with E-state index in [1.54, 1.807) is 23.5 Å². The fourth-order valence-corrected chi connectivity index (χ4v) is 2.42. The predicted octanol–water partition coefficient (Wildman–Crippen LogP) is 1.96. The Morgan fingerprint density at radius 1 is 1.12 bits per heavy atom. The van der Waals surface area contributed by atoms with E-state index in [0.717, 1.165) is 34.8 Å². The molecular formula is C12H14FN3S. The average molecular weight is 251 g/mol. The fraction of sp³-hybridized carbons (Fsp3) is 0.333. The minimum Gasteiger partial charge on any atom is -0.330 e. The number of rotatable bonds is 5. The molecule has 2 N–H and O–H groups in total. The Morgan fingerprint density at radius 2 is 1.88 bits per heavy atom. The number of aromatic nitrogens is 2. The summed E-state index contributed by atoms with van der Waals surface area (Å²) in [5.41, 5.74) is 6.44. The molecule has 0 unspecified atom stereocenters. The molecule has 0 saturated heterocycles. The lowest BCUT2D eigenvalue weighted by Crippen LogP contribution is -2.01. The van der Waals surface area contributed by atoms with Gasteiger partial charge < -0.3 is 5.73 Å². The van der Waals surface area contributed by atoms with Crippen molar-refractivity contribution in [1.82, 2.24) is 10.2 Å². The van der Waals surface area contributed by atoms with Crippen LogP contribution in [0.4, 0.5) is 4.39 Å². The Hall–Kier alpha value is -1.33. The molecule has 0 saturated carbocycles. The predicted molar refractivity (Wildman–Crippen MR) is 66.5 cm³/mol. The summed E-state index contributed by atoms with van der Waals surface area (Å²) in [5.74, 6) is -0.191. The Labute approximate surface area is 104 Å². The van der Waals surface area contributed by atoms with Crippen molar-refractivity contribution in [3.8, 4) is 0 Å². The number of hydrogen-bond acceptors (Lipinski definition) is 4. The molecule has 2 rings (SSSR count). The van der Waals surface area contributed by atoms with Gasteiger partial charge in [0.05, 0.1) is 0 Å². The van der Waals surface area contributed by atoms with Crippen LogP contribution in [0.15, 0.2) is 24.3 Å². The molecule has 0 aliphatic rings. The second-order valence-electron chi connectivity index (χ2n) is 3.76. The molecule has 2 aromatic rings. The van der Waals surface area contributed by atoms with E-state index in [1.807, 2.05) is 6.07 Å². The summed E-state index contributed by atoms with van der Waals surface area (Å²) in [6.45, 7) is 0.596. The van der Waals surface area contributed by atoms with Gasteiger partial charge in [0.2, 0.25) is 0 Å². The van der Waals surface area contributed by atoms with Gasteiger partial charge >= 0.3 is 0 Å². The molecular weight excluding hydrogens is 237 g/mol. The smallest absolute Gasteiger partial charge is 0.123 e. The number of benzene rings is 1. The number of hydrogen-bond donors (Lipinski definition) is 1. The van der Waals surface area contributed by atoms with Crippen LogP contribution in [-0.2, 0) is 19.3 Å². The monoisotopic (exact) mass is 251 g/mol. The van der Waals surface area contributed by atoms with E-state index in [9.17, 15) is 4.39 Å². The third kappa shape index (κ3) is 3.57. The highest BCUT2D eigenvalue weighted by Crippen LogP contribution is 2.13. The first-order valence-electron chi connectivity index (χ1n) is 5.53. The molecule has 1 aromatic heterocycles. The first-order chi connectivity index (χ1) is 8.28. The summed E-state index contributed by atoms with van der Waals surface area (Å²) in [5, 5.41) is 10.1. The molecule has 0 fully saturated rings. The van der Waals surface area contributed by atoms with E-state index < -0.39 is 0 Å². The van der Waals surface area contributed by atoms with Crippen molar-refractivity contribution in [1.29, 1.82) is 0 Å². The fourth-order valence-electron chi connectivity index (χ4n) is 1.56. The summed E-state index contributed by atoms with van der Waals surface area (Å²) in [6, 6.07) is 6.66. The summed E-state index contributed by atoms with van der Waals surface area (Å²) < 4.78 is 13.0. The summed E-state index contributed by atoms with van der Waals surface area (Å²) in [6.07, 6.45) is 2.36. The van der Waals surface area contributed by atoms with Crippen molar-refractivity contribution in [2.75, 3.05) is 6.54 Å². The van der Waals surface area contributed by atoms with Crippen molar-refractivity contribution < 1.29 is 4.39 Å². The first kappa shape index (κ1) is 12.1. The van der Waals surface area contributed by atoms with Crippen molar-refractivity contribution in [3.05, 3.63) is 45.7 Å². The molecule has 0 spiro atoms. The Bertz CT molecular complexity index is 484. The van der Waals surface area contributed by atoms with Gasteiger partial charge in [-0.1, -0.05) is 12.1 Å². The maximum Gasteiger partial charge on any atom is 0.123 e. The molecule has 0 aliphatic carbocycles. The molecule has 1 heterocycles. The van der Waals surface area contributed by atoms with Gasteiger partial charge in [0.25, 0.3) is 0 Å². The van der Waals surface area contributed by atoms with Crippen LogP contribution in [0, 0.1) is 5.82 Å². The lowest BCUT2D eigenvalue weighted by atomic mass is 10.1. The van der Waals surface area contributed by atoms with Crippen molar-refractivity contribution in [2.24, 2.45) is 5.73 Å². The Kier molecular flexibility index (Phi) is 4.17. The quantitative estimate of drug-likeness (QED) is 0.883. The van der Waals surface area contributed by atoms with Gasteiger partial charge in [0, 0.05) is 12.8 Å². The van der Waals surface area contributed by atoms with Crippen LogP contribution in [0.25, 0.3) is 0 Å². The van der Waals surface area contributed by atoms with Crippen LogP contribution in [0.1, 0.15) is 15.6 Å². The van der Waals surface area contributed by atoms with Crippen LogP contribution in [0.2, 0.25) is 0 Å². The van der Waals surface area contributed by atoms with E-state index >= 15 is 0 Å². The molecule has 1 aromatic carbocycles. The highest BCUT2D eigenvalue weighted by molar-refractivity contribution is 7.11. The minimum atomic E-state index is -0.191. The number of aryl methyl sites for hydroxylation is 2. The molecule has 5 heteroatoms. The van der Waals surface area contributed by atoms with Crippen LogP contribution >= 0.6 is 11.3 Å². The normalized spacial score (nSPS) is 10.7. The van der Waals surface area contributed by atoms with Crippen LogP contribution in [0.3, 0.4) is 0 Å². The second-order valence-corrected chi connectivity index (χ2v) is 4.90.